The first kappa shape index (κ1) is 17.8. The number of carbonyl (C=O) groups excluding carboxylic acids is 1. The van der Waals surface area contributed by atoms with Gasteiger partial charge in [0.25, 0.3) is 0 Å². The molecule has 0 atom stereocenters. The molecule has 0 aliphatic carbocycles. The molecule has 7 nitrogen and oxygen atoms in total. The molecular formula is C20H25N5O2. The van der Waals surface area contributed by atoms with Crippen LogP contribution >= 0.6 is 0 Å². The number of hydrogen-bond acceptors (Lipinski definition) is 5. The average molecular weight is 367 g/mol. The van der Waals surface area contributed by atoms with Crippen LogP contribution in [0.4, 0.5) is 5.69 Å². The Kier molecular flexibility index (Phi) is 4.96. The van der Waals surface area contributed by atoms with E-state index >= 15 is 0 Å². The van der Waals surface area contributed by atoms with Crippen molar-refractivity contribution in [1.29, 1.82) is 0 Å². The third kappa shape index (κ3) is 3.74. The molecule has 1 saturated heterocycles. The van der Waals surface area contributed by atoms with E-state index in [-0.39, 0.29) is 5.78 Å². The number of ketones is 1. The third-order valence-electron chi connectivity index (χ3n) is 5.12. The molecule has 0 spiro atoms. The number of aryl methyl sites for hydroxylation is 1. The number of Topliss-reactive ketones (excluding diaryl/α,β-unsaturated/α-hetero) is 1. The molecule has 3 N–H and O–H groups in total. The summed E-state index contributed by atoms with van der Waals surface area (Å²) in [5, 5.41) is 5.41. The predicted molar refractivity (Wildman–Crippen MR) is 106 cm³/mol. The molecule has 0 bridgehead atoms. The van der Waals surface area contributed by atoms with E-state index in [1.165, 1.54) is 0 Å². The Morgan fingerprint density at radius 2 is 2.11 bits per heavy atom. The van der Waals surface area contributed by atoms with Crippen LogP contribution in [0.25, 0.3) is 22.3 Å². The van der Waals surface area contributed by atoms with Crippen LogP contribution in [-0.2, 0) is 11.8 Å². The maximum atomic E-state index is 12.6. The number of hydrogen-bond donors (Lipinski definition) is 2. The van der Waals surface area contributed by atoms with Crippen molar-refractivity contribution < 1.29 is 9.53 Å². The summed E-state index contributed by atoms with van der Waals surface area (Å²) in [6.45, 7) is 4.39. The van der Waals surface area contributed by atoms with Crippen molar-refractivity contribution in [2.45, 2.75) is 12.8 Å². The number of rotatable bonds is 6. The minimum Gasteiger partial charge on any atom is -0.398 e. The highest BCUT2D eigenvalue weighted by Gasteiger charge is 2.17. The molecule has 0 amide bonds. The average Bonchev–Trinajstić information content (AvgIpc) is 3.27. The van der Waals surface area contributed by atoms with Crippen LogP contribution in [-0.4, -0.2) is 58.3 Å². The maximum Gasteiger partial charge on any atom is 0.183 e. The minimum atomic E-state index is 0.0840. The van der Waals surface area contributed by atoms with Crippen LogP contribution in [0.5, 0.6) is 0 Å². The quantitative estimate of drug-likeness (QED) is 0.516. The van der Waals surface area contributed by atoms with Crippen LogP contribution in [0.1, 0.15) is 23.3 Å². The monoisotopic (exact) mass is 367 g/mol. The SMILES string of the molecule is Cn1nc(C(=O)CCCN2CCOCC2)cc1-c1cc2c(N)cccc2[nH]1. The number of fused-ring (bicyclic) bond motifs is 1. The number of morpholine rings is 1. The molecule has 1 aliphatic rings. The van der Waals surface area contributed by atoms with E-state index < -0.39 is 0 Å². The number of H-pyrrole nitrogens is 1. The lowest BCUT2D eigenvalue weighted by Crippen LogP contribution is -2.36. The van der Waals surface area contributed by atoms with Crippen LogP contribution in [0.2, 0.25) is 0 Å². The van der Waals surface area contributed by atoms with E-state index in [2.05, 4.69) is 15.0 Å². The van der Waals surface area contributed by atoms with Gasteiger partial charge in [-0.3, -0.25) is 14.4 Å². The molecule has 1 fully saturated rings. The molecule has 27 heavy (non-hydrogen) atoms. The van der Waals surface area contributed by atoms with Crippen molar-refractivity contribution in [3.63, 3.8) is 0 Å². The number of anilines is 1. The van der Waals surface area contributed by atoms with Crippen molar-refractivity contribution in [2.75, 3.05) is 38.6 Å². The second-order valence-corrected chi connectivity index (χ2v) is 7.01. The van der Waals surface area contributed by atoms with Crippen LogP contribution in [0.15, 0.2) is 30.3 Å². The zero-order valence-electron chi connectivity index (χ0n) is 15.6. The molecule has 4 rings (SSSR count). The molecule has 1 aromatic carbocycles. The summed E-state index contributed by atoms with van der Waals surface area (Å²) in [6.07, 6.45) is 1.35. The second-order valence-electron chi connectivity index (χ2n) is 7.01. The van der Waals surface area contributed by atoms with Gasteiger partial charge >= 0.3 is 0 Å². The van der Waals surface area contributed by atoms with E-state index in [1.807, 2.05) is 37.4 Å². The van der Waals surface area contributed by atoms with Gasteiger partial charge in [-0.15, -0.1) is 0 Å². The first-order chi connectivity index (χ1) is 13.1. The van der Waals surface area contributed by atoms with Crippen molar-refractivity contribution >= 4 is 22.4 Å². The Bertz CT molecular complexity index is 953. The molecule has 0 unspecified atom stereocenters. The highest BCUT2D eigenvalue weighted by molar-refractivity contribution is 5.97. The minimum absolute atomic E-state index is 0.0840. The molecule has 7 heteroatoms. The molecule has 0 radical (unpaired) electrons. The number of aromatic amines is 1. The van der Waals surface area contributed by atoms with Crippen molar-refractivity contribution in [3.8, 4) is 11.4 Å². The summed E-state index contributed by atoms with van der Waals surface area (Å²) in [7, 11) is 1.86. The number of aromatic nitrogens is 3. The van der Waals surface area contributed by atoms with E-state index in [1.54, 1.807) is 4.68 Å². The second kappa shape index (κ2) is 7.54. The van der Waals surface area contributed by atoms with Crippen molar-refractivity contribution in [1.82, 2.24) is 19.7 Å². The number of nitrogens with zero attached hydrogens (tertiary/aromatic N) is 3. The van der Waals surface area contributed by atoms with Crippen LogP contribution in [0, 0.1) is 0 Å². The summed E-state index contributed by atoms with van der Waals surface area (Å²) < 4.78 is 7.10. The van der Waals surface area contributed by atoms with E-state index in [4.69, 9.17) is 10.5 Å². The largest absolute Gasteiger partial charge is 0.398 e. The van der Waals surface area contributed by atoms with Crippen LogP contribution in [0.3, 0.4) is 0 Å². The number of benzene rings is 1. The van der Waals surface area contributed by atoms with Crippen molar-refractivity contribution in [3.05, 3.63) is 36.0 Å². The van der Waals surface area contributed by atoms with Gasteiger partial charge in [-0.2, -0.15) is 5.10 Å². The normalized spacial score (nSPS) is 15.4. The summed E-state index contributed by atoms with van der Waals surface area (Å²) in [5.74, 6) is 0.0840. The molecule has 142 valence electrons. The molecule has 3 aromatic rings. The van der Waals surface area contributed by atoms with E-state index in [0.29, 0.717) is 12.1 Å². The fourth-order valence-electron chi connectivity index (χ4n) is 3.59. The van der Waals surface area contributed by atoms with Gasteiger partial charge in [-0.05, 0) is 37.2 Å². The molecular weight excluding hydrogens is 342 g/mol. The highest BCUT2D eigenvalue weighted by atomic mass is 16.5. The number of nitrogens with two attached hydrogens (primary N) is 1. The van der Waals surface area contributed by atoms with Crippen molar-refractivity contribution in [2.24, 2.45) is 7.05 Å². The lowest BCUT2D eigenvalue weighted by atomic mass is 10.1. The van der Waals surface area contributed by atoms with Gasteiger partial charge in [0.1, 0.15) is 5.69 Å². The molecule has 1 aliphatic heterocycles. The number of nitrogens with one attached hydrogen (secondary N) is 1. The zero-order chi connectivity index (χ0) is 18.8. The van der Waals surface area contributed by atoms with Gasteiger partial charge < -0.3 is 15.5 Å². The van der Waals surface area contributed by atoms with Gasteiger partial charge in [0.05, 0.1) is 24.6 Å². The fraction of sp³-hybridized carbons (Fsp3) is 0.400. The smallest absolute Gasteiger partial charge is 0.183 e. The summed E-state index contributed by atoms with van der Waals surface area (Å²) in [6, 6.07) is 9.66. The zero-order valence-corrected chi connectivity index (χ0v) is 15.6. The summed E-state index contributed by atoms with van der Waals surface area (Å²) in [5.41, 5.74) is 10.1. The molecule has 2 aromatic heterocycles. The Hall–Kier alpha value is -2.64. The van der Waals surface area contributed by atoms with Gasteiger partial charge in [0.2, 0.25) is 0 Å². The summed E-state index contributed by atoms with van der Waals surface area (Å²) in [4.78, 5) is 18.3. The topological polar surface area (TPSA) is 89.2 Å². The van der Waals surface area contributed by atoms with Crippen LogP contribution < -0.4 is 5.73 Å². The lowest BCUT2D eigenvalue weighted by Gasteiger charge is -2.26. The fourth-order valence-corrected chi connectivity index (χ4v) is 3.59. The standard InChI is InChI=1S/C20H25N5O2/c1-24-19(17-12-14-15(21)4-2-5-16(14)22-17)13-18(23-24)20(26)6-3-7-25-8-10-27-11-9-25/h2,4-5,12-13,22H,3,6-11,21H2,1H3. The Morgan fingerprint density at radius 1 is 1.30 bits per heavy atom. The number of nitrogen functional groups attached to an aromatic ring is 1. The van der Waals surface area contributed by atoms with E-state index in [0.717, 1.165) is 67.2 Å². The van der Waals surface area contributed by atoms with Gasteiger partial charge in [0, 0.05) is 43.1 Å². The first-order valence-corrected chi connectivity index (χ1v) is 9.37. The van der Waals surface area contributed by atoms with Gasteiger partial charge in [-0.25, -0.2) is 0 Å². The highest BCUT2D eigenvalue weighted by Crippen LogP contribution is 2.28. The van der Waals surface area contributed by atoms with Gasteiger partial charge in [0.15, 0.2) is 5.78 Å². The first-order valence-electron chi connectivity index (χ1n) is 9.37. The molecule has 0 saturated carbocycles. The Labute approximate surface area is 158 Å². The molecule has 3 heterocycles. The Balaban J connectivity index is 1.45. The van der Waals surface area contributed by atoms with Gasteiger partial charge in [-0.1, -0.05) is 6.07 Å². The summed E-state index contributed by atoms with van der Waals surface area (Å²) >= 11 is 0. The predicted octanol–water partition coefficient (Wildman–Crippen LogP) is 2.45. The Morgan fingerprint density at radius 3 is 2.89 bits per heavy atom. The lowest BCUT2D eigenvalue weighted by molar-refractivity contribution is 0.0371. The van der Waals surface area contributed by atoms with E-state index in [9.17, 15) is 4.79 Å². The third-order valence-corrected chi connectivity index (χ3v) is 5.12. The maximum absolute atomic E-state index is 12.6. The number of carbonyl (C=O) groups is 1. The number of ether oxygens (including phenoxy) is 1.